The van der Waals surface area contributed by atoms with E-state index in [1.54, 1.807) is 0 Å². The SMILES string of the molecule is Cc1c(-c2ccc(Cl)c(CNC3CC3)c2)cnn1C. The first kappa shape index (κ1) is 12.7. The normalized spacial score (nSPS) is 14.9. The highest BCUT2D eigenvalue weighted by molar-refractivity contribution is 6.31. The summed E-state index contributed by atoms with van der Waals surface area (Å²) in [6.07, 6.45) is 4.49. The summed E-state index contributed by atoms with van der Waals surface area (Å²) >= 11 is 6.27. The minimum Gasteiger partial charge on any atom is -0.310 e. The van der Waals surface area contributed by atoms with Crippen LogP contribution in [0.5, 0.6) is 0 Å². The maximum atomic E-state index is 6.27. The molecule has 100 valence electrons. The van der Waals surface area contributed by atoms with Gasteiger partial charge >= 0.3 is 0 Å². The summed E-state index contributed by atoms with van der Waals surface area (Å²) in [4.78, 5) is 0. The fourth-order valence-electron chi connectivity index (χ4n) is 2.20. The maximum Gasteiger partial charge on any atom is 0.0571 e. The lowest BCUT2D eigenvalue weighted by atomic mass is 10.0. The van der Waals surface area contributed by atoms with Crippen LogP contribution in [0.15, 0.2) is 24.4 Å². The van der Waals surface area contributed by atoms with Gasteiger partial charge in [-0.15, -0.1) is 0 Å². The van der Waals surface area contributed by atoms with E-state index in [4.69, 9.17) is 11.6 Å². The number of hydrogen-bond donors (Lipinski definition) is 1. The lowest BCUT2D eigenvalue weighted by Gasteiger charge is -2.08. The Balaban J connectivity index is 1.89. The molecule has 1 N–H and O–H groups in total. The molecule has 0 aliphatic heterocycles. The van der Waals surface area contributed by atoms with Crippen molar-refractivity contribution >= 4 is 11.6 Å². The molecule has 0 atom stereocenters. The van der Waals surface area contributed by atoms with Gasteiger partial charge in [0.15, 0.2) is 0 Å². The van der Waals surface area contributed by atoms with E-state index in [2.05, 4.69) is 29.5 Å². The Kier molecular flexibility index (Phi) is 3.33. The van der Waals surface area contributed by atoms with Gasteiger partial charge in [-0.1, -0.05) is 17.7 Å². The predicted octanol–water partition coefficient (Wildman–Crippen LogP) is 3.30. The standard InChI is InChI=1S/C15H18ClN3/c1-10-14(9-18-19(10)2)11-3-6-15(16)12(7-11)8-17-13-4-5-13/h3,6-7,9,13,17H,4-5,8H2,1-2H3. The molecule has 0 unspecified atom stereocenters. The number of aryl methyl sites for hydroxylation is 1. The third-order valence-electron chi connectivity index (χ3n) is 3.75. The molecule has 3 nitrogen and oxygen atoms in total. The molecule has 1 saturated carbocycles. The minimum absolute atomic E-state index is 0.694. The zero-order chi connectivity index (χ0) is 13.4. The molecule has 0 amide bonds. The molecule has 2 aromatic rings. The van der Waals surface area contributed by atoms with Crippen LogP contribution in [0.25, 0.3) is 11.1 Å². The molecule has 4 heteroatoms. The number of halogens is 1. The third kappa shape index (κ3) is 2.67. The zero-order valence-electron chi connectivity index (χ0n) is 11.3. The monoisotopic (exact) mass is 275 g/mol. The van der Waals surface area contributed by atoms with Crippen molar-refractivity contribution in [2.24, 2.45) is 7.05 Å². The lowest BCUT2D eigenvalue weighted by Crippen LogP contribution is -2.15. The molecule has 1 fully saturated rings. The van der Waals surface area contributed by atoms with Gasteiger partial charge in [0, 0.05) is 35.9 Å². The summed E-state index contributed by atoms with van der Waals surface area (Å²) in [6.45, 7) is 2.93. The van der Waals surface area contributed by atoms with Gasteiger partial charge in [0.2, 0.25) is 0 Å². The average molecular weight is 276 g/mol. The van der Waals surface area contributed by atoms with E-state index in [1.807, 2.05) is 24.0 Å². The number of aromatic nitrogens is 2. The van der Waals surface area contributed by atoms with E-state index >= 15 is 0 Å². The Hall–Kier alpha value is -1.32. The maximum absolute atomic E-state index is 6.27. The molecule has 1 aromatic carbocycles. The van der Waals surface area contributed by atoms with Crippen molar-refractivity contribution in [3.63, 3.8) is 0 Å². The largest absolute Gasteiger partial charge is 0.310 e. The second kappa shape index (κ2) is 4.99. The Morgan fingerprint density at radius 1 is 1.42 bits per heavy atom. The molecular formula is C15H18ClN3. The first-order valence-corrected chi connectivity index (χ1v) is 7.03. The Morgan fingerprint density at radius 2 is 2.21 bits per heavy atom. The first-order chi connectivity index (χ1) is 9.15. The lowest BCUT2D eigenvalue weighted by molar-refractivity contribution is 0.688. The zero-order valence-corrected chi connectivity index (χ0v) is 12.0. The summed E-state index contributed by atoms with van der Waals surface area (Å²) in [5.74, 6) is 0. The number of nitrogens with zero attached hydrogens (tertiary/aromatic N) is 2. The van der Waals surface area contributed by atoms with Crippen LogP contribution in [0.1, 0.15) is 24.1 Å². The fourth-order valence-corrected chi connectivity index (χ4v) is 2.39. The van der Waals surface area contributed by atoms with Crippen molar-refractivity contribution in [1.29, 1.82) is 0 Å². The molecule has 1 aliphatic carbocycles. The summed E-state index contributed by atoms with van der Waals surface area (Å²) in [5, 5.41) is 8.64. The fraction of sp³-hybridized carbons (Fsp3) is 0.400. The molecule has 0 bridgehead atoms. The second-order valence-corrected chi connectivity index (χ2v) is 5.64. The van der Waals surface area contributed by atoms with Crippen molar-refractivity contribution in [2.45, 2.75) is 32.4 Å². The van der Waals surface area contributed by atoms with Crippen LogP contribution in [-0.4, -0.2) is 15.8 Å². The van der Waals surface area contributed by atoms with Crippen LogP contribution in [0.4, 0.5) is 0 Å². The highest BCUT2D eigenvalue weighted by atomic mass is 35.5. The summed E-state index contributed by atoms with van der Waals surface area (Å²) in [6, 6.07) is 6.90. The van der Waals surface area contributed by atoms with E-state index in [9.17, 15) is 0 Å². The molecular weight excluding hydrogens is 258 g/mol. The van der Waals surface area contributed by atoms with Gasteiger partial charge in [-0.25, -0.2) is 0 Å². The van der Waals surface area contributed by atoms with Crippen molar-refractivity contribution < 1.29 is 0 Å². The Bertz CT molecular complexity index is 599. The van der Waals surface area contributed by atoms with Crippen LogP contribution in [0.2, 0.25) is 5.02 Å². The van der Waals surface area contributed by atoms with Crippen molar-refractivity contribution in [1.82, 2.24) is 15.1 Å². The molecule has 1 heterocycles. The van der Waals surface area contributed by atoms with Crippen molar-refractivity contribution in [3.05, 3.63) is 40.7 Å². The van der Waals surface area contributed by atoms with E-state index in [1.165, 1.54) is 29.7 Å². The first-order valence-electron chi connectivity index (χ1n) is 6.66. The summed E-state index contributed by atoms with van der Waals surface area (Å²) in [7, 11) is 1.96. The smallest absolute Gasteiger partial charge is 0.0571 e. The summed E-state index contributed by atoms with van der Waals surface area (Å²) in [5.41, 5.74) is 4.69. The molecule has 19 heavy (non-hydrogen) atoms. The van der Waals surface area contributed by atoms with Crippen LogP contribution >= 0.6 is 11.6 Å². The molecule has 1 aromatic heterocycles. The second-order valence-electron chi connectivity index (χ2n) is 5.23. The molecule has 3 rings (SSSR count). The van der Waals surface area contributed by atoms with Crippen LogP contribution in [-0.2, 0) is 13.6 Å². The number of hydrogen-bond acceptors (Lipinski definition) is 2. The van der Waals surface area contributed by atoms with Gasteiger partial charge in [-0.3, -0.25) is 4.68 Å². The van der Waals surface area contributed by atoms with E-state index < -0.39 is 0 Å². The number of rotatable bonds is 4. The summed E-state index contributed by atoms with van der Waals surface area (Å²) < 4.78 is 1.89. The van der Waals surface area contributed by atoms with E-state index in [0.717, 1.165) is 17.1 Å². The molecule has 1 aliphatic rings. The molecule has 0 saturated heterocycles. The Labute approximate surface area is 118 Å². The van der Waals surface area contributed by atoms with E-state index in [0.29, 0.717) is 6.04 Å². The Morgan fingerprint density at radius 3 is 2.84 bits per heavy atom. The third-order valence-corrected chi connectivity index (χ3v) is 4.12. The number of benzene rings is 1. The average Bonchev–Trinajstić information content (AvgIpc) is 3.17. The van der Waals surface area contributed by atoms with Gasteiger partial charge in [-0.05, 0) is 43.0 Å². The van der Waals surface area contributed by atoms with Gasteiger partial charge in [0.05, 0.1) is 6.20 Å². The van der Waals surface area contributed by atoms with E-state index in [-0.39, 0.29) is 0 Å². The van der Waals surface area contributed by atoms with Crippen LogP contribution in [0, 0.1) is 6.92 Å². The van der Waals surface area contributed by atoms with Gasteiger partial charge in [0.1, 0.15) is 0 Å². The van der Waals surface area contributed by atoms with Gasteiger partial charge < -0.3 is 5.32 Å². The minimum atomic E-state index is 0.694. The quantitative estimate of drug-likeness (QED) is 0.928. The van der Waals surface area contributed by atoms with Crippen molar-refractivity contribution in [3.8, 4) is 11.1 Å². The van der Waals surface area contributed by atoms with Gasteiger partial charge in [-0.2, -0.15) is 5.10 Å². The highest BCUT2D eigenvalue weighted by Gasteiger charge is 2.20. The highest BCUT2D eigenvalue weighted by Crippen LogP contribution is 2.28. The van der Waals surface area contributed by atoms with Crippen LogP contribution in [0.3, 0.4) is 0 Å². The topological polar surface area (TPSA) is 29.9 Å². The molecule has 0 radical (unpaired) electrons. The van der Waals surface area contributed by atoms with Gasteiger partial charge in [0.25, 0.3) is 0 Å². The number of nitrogens with one attached hydrogen (secondary N) is 1. The van der Waals surface area contributed by atoms with Crippen molar-refractivity contribution in [2.75, 3.05) is 0 Å². The predicted molar refractivity (Wildman–Crippen MR) is 78.3 cm³/mol. The van der Waals surface area contributed by atoms with Crippen LogP contribution < -0.4 is 5.32 Å². The molecule has 0 spiro atoms.